The normalized spacial score (nSPS) is 15.3. The van der Waals surface area contributed by atoms with Crippen molar-refractivity contribution in [1.82, 2.24) is 15.5 Å². The second kappa shape index (κ2) is 10.9. The Balaban J connectivity index is 1.60. The molecular weight excluding hydrogens is 405 g/mol. The van der Waals surface area contributed by atoms with Gasteiger partial charge in [0.25, 0.3) is 5.91 Å². The molecule has 3 rings (SSSR count). The third-order valence-electron chi connectivity index (χ3n) is 4.93. The van der Waals surface area contributed by atoms with Crippen LogP contribution in [0, 0.1) is 5.82 Å². The lowest BCUT2D eigenvalue weighted by Gasteiger charge is -2.26. The number of nitrogens with one attached hydrogen (secondary N) is 2. The summed E-state index contributed by atoms with van der Waals surface area (Å²) < 4.78 is 18.3. The lowest BCUT2D eigenvalue weighted by molar-refractivity contribution is -0.124. The van der Waals surface area contributed by atoms with Crippen molar-refractivity contribution in [2.75, 3.05) is 32.9 Å². The van der Waals surface area contributed by atoms with E-state index in [1.165, 1.54) is 30.3 Å². The number of phenolic OH excluding ortho intramolecular Hbond substituents is 1. The Morgan fingerprint density at radius 3 is 2.48 bits per heavy atom. The van der Waals surface area contributed by atoms with Crippen LogP contribution < -0.4 is 10.6 Å². The minimum Gasteiger partial charge on any atom is -0.508 e. The van der Waals surface area contributed by atoms with Gasteiger partial charge in [-0.15, -0.1) is 0 Å². The number of ether oxygens (including phenoxy) is 1. The number of rotatable bonds is 8. The number of hydrogen-bond acceptors (Lipinski definition) is 6. The molecule has 2 aromatic carbocycles. The maximum absolute atomic E-state index is 13.0. The lowest BCUT2D eigenvalue weighted by atomic mass is 10.1. The van der Waals surface area contributed by atoms with Crippen LogP contribution in [0.1, 0.15) is 21.5 Å². The van der Waals surface area contributed by atoms with Gasteiger partial charge in [0.05, 0.1) is 19.8 Å². The molecule has 0 bridgehead atoms. The third kappa shape index (κ3) is 6.74. The molecule has 0 radical (unpaired) electrons. The molecule has 1 fully saturated rings. The third-order valence-corrected chi connectivity index (χ3v) is 4.93. The van der Waals surface area contributed by atoms with Crippen molar-refractivity contribution < 1.29 is 28.9 Å². The number of halogens is 1. The highest BCUT2D eigenvalue weighted by Crippen LogP contribution is 2.18. The smallest absolute Gasteiger partial charge is 0.252 e. The van der Waals surface area contributed by atoms with Crippen LogP contribution in [-0.2, 0) is 22.6 Å². The molecule has 1 heterocycles. The Morgan fingerprint density at radius 1 is 1.10 bits per heavy atom. The van der Waals surface area contributed by atoms with Gasteiger partial charge in [0.15, 0.2) is 0 Å². The molecule has 9 heteroatoms. The first-order valence-electron chi connectivity index (χ1n) is 10.0. The van der Waals surface area contributed by atoms with Gasteiger partial charge in [-0.25, -0.2) is 4.39 Å². The van der Waals surface area contributed by atoms with Crippen molar-refractivity contribution in [3.63, 3.8) is 0 Å². The van der Waals surface area contributed by atoms with E-state index in [1.807, 2.05) is 0 Å². The molecule has 31 heavy (non-hydrogen) atoms. The minimum atomic E-state index is -1.17. The number of amides is 2. The standard InChI is InChI=1S/C22H26FN3O5/c23-18-3-1-15(2-4-18)12-24-22(30)20(14-27)25-21(29)17-9-16(10-19(28)11-17)13-26-5-7-31-8-6-26/h1-4,9-11,20,27-28H,5-8,12-14H2,(H,24,30)(H,25,29). The van der Waals surface area contributed by atoms with Crippen LogP contribution >= 0.6 is 0 Å². The van der Waals surface area contributed by atoms with Gasteiger partial charge >= 0.3 is 0 Å². The summed E-state index contributed by atoms with van der Waals surface area (Å²) in [5.74, 6) is -1.60. The van der Waals surface area contributed by atoms with E-state index in [4.69, 9.17) is 4.74 Å². The summed E-state index contributed by atoms with van der Waals surface area (Å²) in [6.07, 6.45) is 0. The second-order valence-corrected chi connectivity index (χ2v) is 7.33. The average Bonchev–Trinajstić information content (AvgIpc) is 2.77. The van der Waals surface area contributed by atoms with Crippen molar-refractivity contribution in [1.29, 1.82) is 0 Å². The summed E-state index contributed by atoms with van der Waals surface area (Å²) in [6, 6.07) is 9.00. The van der Waals surface area contributed by atoms with Gasteiger partial charge < -0.3 is 25.6 Å². The van der Waals surface area contributed by atoms with Crippen LogP contribution in [0.25, 0.3) is 0 Å². The predicted molar refractivity (Wildman–Crippen MR) is 111 cm³/mol. The minimum absolute atomic E-state index is 0.0581. The molecule has 1 atom stereocenters. The van der Waals surface area contributed by atoms with Gasteiger partial charge in [0.2, 0.25) is 5.91 Å². The van der Waals surface area contributed by atoms with Gasteiger partial charge in [-0.3, -0.25) is 14.5 Å². The first kappa shape index (κ1) is 22.7. The summed E-state index contributed by atoms with van der Waals surface area (Å²) in [4.78, 5) is 27.1. The molecule has 0 aliphatic carbocycles. The SMILES string of the molecule is O=C(NC(CO)C(=O)NCc1ccc(F)cc1)c1cc(O)cc(CN2CCOCC2)c1. The molecule has 1 saturated heterocycles. The van der Waals surface area contributed by atoms with E-state index in [2.05, 4.69) is 15.5 Å². The molecule has 2 aromatic rings. The summed E-state index contributed by atoms with van der Waals surface area (Å²) >= 11 is 0. The van der Waals surface area contributed by atoms with Gasteiger partial charge in [-0.1, -0.05) is 12.1 Å². The zero-order valence-electron chi connectivity index (χ0n) is 17.0. The van der Waals surface area contributed by atoms with Gasteiger partial charge in [-0.05, 0) is 41.5 Å². The van der Waals surface area contributed by atoms with Crippen LogP contribution in [0.15, 0.2) is 42.5 Å². The molecule has 4 N–H and O–H groups in total. The maximum Gasteiger partial charge on any atom is 0.252 e. The Hall–Kier alpha value is -3.01. The predicted octanol–water partition coefficient (Wildman–Crippen LogP) is 0.771. The average molecular weight is 431 g/mol. The zero-order valence-corrected chi connectivity index (χ0v) is 17.0. The van der Waals surface area contributed by atoms with E-state index in [0.717, 1.165) is 18.7 Å². The molecule has 1 aliphatic heterocycles. The van der Waals surface area contributed by atoms with Crippen LogP contribution in [0.5, 0.6) is 5.75 Å². The summed E-state index contributed by atoms with van der Waals surface area (Å²) in [5, 5.41) is 24.7. The molecule has 0 spiro atoms. The number of hydrogen-bond donors (Lipinski definition) is 4. The molecule has 0 aromatic heterocycles. The summed E-state index contributed by atoms with van der Waals surface area (Å²) in [5.41, 5.74) is 1.62. The van der Waals surface area contributed by atoms with Crippen molar-refractivity contribution in [3.8, 4) is 5.75 Å². The fourth-order valence-electron chi connectivity index (χ4n) is 3.26. The highest BCUT2D eigenvalue weighted by Gasteiger charge is 2.21. The van der Waals surface area contributed by atoms with Crippen molar-refractivity contribution >= 4 is 11.8 Å². The number of morpholine rings is 1. The number of aromatic hydroxyl groups is 1. The number of aliphatic hydroxyl groups excluding tert-OH is 1. The number of phenols is 1. The molecular formula is C22H26FN3O5. The summed E-state index contributed by atoms with van der Waals surface area (Å²) in [6.45, 7) is 2.88. The van der Waals surface area contributed by atoms with E-state index in [9.17, 15) is 24.2 Å². The topological polar surface area (TPSA) is 111 Å². The van der Waals surface area contributed by atoms with Crippen LogP contribution in [0.2, 0.25) is 0 Å². The number of benzene rings is 2. The Morgan fingerprint density at radius 2 is 1.81 bits per heavy atom. The van der Waals surface area contributed by atoms with Crippen molar-refractivity contribution in [2.45, 2.75) is 19.1 Å². The quantitative estimate of drug-likeness (QED) is 0.492. The van der Waals surface area contributed by atoms with Gasteiger partial charge in [0, 0.05) is 31.7 Å². The van der Waals surface area contributed by atoms with E-state index in [-0.39, 0.29) is 23.7 Å². The number of carbonyl (C=O) groups is 2. The Kier molecular flexibility index (Phi) is 7.94. The zero-order chi connectivity index (χ0) is 22.2. The largest absolute Gasteiger partial charge is 0.508 e. The number of carbonyl (C=O) groups excluding carboxylic acids is 2. The maximum atomic E-state index is 13.0. The second-order valence-electron chi connectivity index (χ2n) is 7.33. The number of aliphatic hydroxyl groups is 1. The van der Waals surface area contributed by atoms with Crippen LogP contribution in [0.4, 0.5) is 4.39 Å². The lowest BCUT2D eigenvalue weighted by Crippen LogP contribution is -2.48. The van der Waals surface area contributed by atoms with Crippen molar-refractivity contribution in [3.05, 3.63) is 65.0 Å². The highest BCUT2D eigenvalue weighted by molar-refractivity contribution is 5.98. The van der Waals surface area contributed by atoms with E-state index < -0.39 is 24.5 Å². The molecule has 166 valence electrons. The van der Waals surface area contributed by atoms with Crippen molar-refractivity contribution in [2.24, 2.45) is 0 Å². The van der Waals surface area contributed by atoms with Crippen LogP contribution in [0.3, 0.4) is 0 Å². The monoisotopic (exact) mass is 431 g/mol. The van der Waals surface area contributed by atoms with Crippen LogP contribution in [-0.4, -0.2) is 65.9 Å². The van der Waals surface area contributed by atoms with E-state index in [0.29, 0.717) is 25.3 Å². The molecule has 1 unspecified atom stereocenters. The van der Waals surface area contributed by atoms with Gasteiger partial charge in [0.1, 0.15) is 17.6 Å². The highest BCUT2D eigenvalue weighted by atomic mass is 19.1. The first-order valence-corrected chi connectivity index (χ1v) is 10.0. The Bertz CT molecular complexity index is 901. The van der Waals surface area contributed by atoms with E-state index >= 15 is 0 Å². The molecule has 2 amide bonds. The number of nitrogens with zero attached hydrogens (tertiary/aromatic N) is 1. The van der Waals surface area contributed by atoms with Gasteiger partial charge in [-0.2, -0.15) is 0 Å². The fourth-order valence-corrected chi connectivity index (χ4v) is 3.26. The van der Waals surface area contributed by atoms with E-state index in [1.54, 1.807) is 12.1 Å². The fraction of sp³-hybridized carbons (Fsp3) is 0.364. The molecule has 8 nitrogen and oxygen atoms in total. The molecule has 1 aliphatic rings. The summed E-state index contributed by atoms with van der Waals surface area (Å²) in [7, 11) is 0. The Labute approximate surface area is 179 Å². The molecule has 0 saturated carbocycles. The first-order chi connectivity index (χ1) is 14.9.